The van der Waals surface area contributed by atoms with Gasteiger partial charge < -0.3 is 37.7 Å². The molecule has 0 aliphatic carbocycles. The minimum absolute atomic E-state index is 0.00663. The van der Waals surface area contributed by atoms with Crippen molar-refractivity contribution in [3.63, 3.8) is 0 Å². The van der Waals surface area contributed by atoms with Crippen LogP contribution in [0, 0.1) is 0 Å². The molecule has 0 saturated heterocycles. The highest BCUT2D eigenvalue weighted by Gasteiger charge is 2.49. The maximum Gasteiger partial charge on any atom is 0.534 e. The fourth-order valence-corrected chi connectivity index (χ4v) is 17.0. The number of Topliss-reactive ketones (excluding diaryl/α,β-unsaturated/α-hetero) is 4. The Morgan fingerprint density at radius 2 is 0.532 bits per heavy atom. The Bertz CT molecular complexity index is 6820. The lowest BCUT2D eigenvalue weighted by Gasteiger charge is -2.15. The number of ether oxygens (including phenoxy) is 6. The molecule has 0 aromatic heterocycles. The maximum atomic E-state index is 13.9. The van der Waals surface area contributed by atoms with Crippen LogP contribution in [0.4, 0.5) is 13.2 Å². The van der Waals surface area contributed by atoms with Crippen LogP contribution in [-0.4, -0.2) is 42.2 Å². The summed E-state index contributed by atoms with van der Waals surface area (Å²) >= 11 is 0. The van der Waals surface area contributed by atoms with Gasteiger partial charge in [-0.15, -0.1) is 0 Å². The highest BCUT2D eigenvalue weighted by molar-refractivity contribution is 7.88. The second-order valence-electron chi connectivity index (χ2n) is 34.6. The zero-order valence-electron chi connectivity index (χ0n) is 79.5. The first-order valence-electron chi connectivity index (χ1n) is 48.4. The van der Waals surface area contributed by atoms with Crippen LogP contribution in [0.2, 0.25) is 0 Å². The van der Waals surface area contributed by atoms with Crippen LogP contribution in [0.3, 0.4) is 0 Å². The Morgan fingerprint density at radius 1 is 0.266 bits per heavy atom. The number of unbranched alkanes of at least 4 members (excludes halogenated alkanes) is 12. The number of benzene rings is 16. The van der Waals surface area contributed by atoms with Crippen molar-refractivity contribution < 1.29 is 78.5 Å². The van der Waals surface area contributed by atoms with Crippen molar-refractivity contribution in [3.8, 4) is 57.1 Å². The molecule has 0 fully saturated rings. The van der Waals surface area contributed by atoms with Crippen LogP contribution in [0.5, 0.6) is 46.0 Å². The van der Waals surface area contributed by atoms with Crippen molar-refractivity contribution in [2.24, 2.45) is 0 Å². The third kappa shape index (κ3) is 29.8. The number of carbonyl (C=O) groups excluding carboxylic acids is 4. The van der Waals surface area contributed by atoms with E-state index in [1.807, 2.05) is 237 Å². The monoisotopic (exact) mass is 1890 g/mol. The number of hydrogen-bond donors (Lipinski definition) is 1. The molecule has 0 amide bonds. The first kappa shape index (κ1) is 102. The van der Waals surface area contributed by atoms with Crippen molar-refractivity contribution >= 4 is 87.1 Å². The molecule has 16 aromatic carbocycles. The lowest BCUT2D eigenvalue weighted by atomic mass is 9.89. The minimum atomic E-state index is -5.93. The number of ketones is 4. The number of rotatable bonds is 45. The highest BCUT2D eigenvalue weighted by Crippen LogP contribution is 2.41. The molecule has 16 aromatic rings. The second-order valence-corrected chi connectivity index (χ2v) is 36.2. The molecule has 0 bridgehead atoms. The van der Waals surface area contributed by atoms with E-state index < -0.39 is 27.2 Å². The summed E-state index contributed by atoms with van der Waals surface area (Å²) in [6.07, 6.45) is 17.5. The predicted octanol–water partition coefficient (Wildman–Crippen LogP) is 32.2. The average Bonchev–Trinajstić information content (AvgIpc) is 0.826. The number of carbonyl (C=O) groups is 4. The number of aromatic hydroxyl groups is 1. The highest BCUT2D eigenvalue weighted by atomic mass is 32.2. The SMILES string of the molecule is CCCCCCC(=O)c1c(-c2ccc3cc(OCc4ccccc4)ccc3c2)ccc2cc(OCc3ccccc3)ccc12.CCCCCCC(=O)c1c(O)ccc2cc(OCc3ccccc3)ccc12.CCCCCCC(=O)c1c(OCc2ccccc2)ccc2cc(OCc3ccccc3)ccc12.CCCCCCC(=O)c1c(OS(=O)(=O)C(F)(F)F)ccc2cc(OCc3ccccc3)ccc12. The Kier molecular flexibility index (Phi) is 38.4. The van der Waals surface area contributed by atoms with Gasteiger partial charge in [0.05, 0.1) is 16.7 Å². The summed E-state index contributed by atoms with van der Waals surface area (Å²) < 4.78 is 102. The molecule has 14 nitrogen and oxygen atoms in total. The molecule has 139 heavy (non-hydrogen) atoms. The van der Waals surface area contributed by atoms with E-state index in [4.69, 9.17) is 28.4 Å². The standard InChI is InChI=1S/C41H38O3.C31H32O3.C25H25F3O5S.C24H26O3/c1-2-3-4-11-16-40(42)41-38(23-20-35-27-37(22-24-39(35)41)44-29-31-14-9-6-10-15-31)34-18-17-33-26-36(21-19-32(33)25-34)43-28-30-12-7-5-8-13-30;1-2-3-4-11-16-29(32)31-28-19-18-27(33-22-24-12-7-5-8-13-24)21-26(28)17-20-30(31)34-23-25-14-9-6-10-15-25;1-2-3-4-8-11-22(29)24-21-14-13-20(32-17-18-9-6-5-7-10-18)16-19(21)12-15-23(24)33-34(30,31)25(26,27)28;1-2-3-4-8-11-22(25)24-21-14-13-20(16-19(21)12-15-23(24)26)27-17-18-9-6-5-7-10-18/h5-10,12-15,17-27H,2-4,11,16,28-29H2,1H3;5-10,12-15,17-21H,2-4,11,16,22-23H2,1H3;5-7,9-10,12-16H,2-4,8,11,17H2,1H3;5-7,9-10,12-16,26H,2-4,8,11,17H2,1H3. The molecular formula is C121H121F3O14S. The van der Waals surface area contributed by atoms with Gasteiger partial charge in [0.25, 0.3) is 0 Å². The normalized spacial score (nSPS) is 11.2. The Morgan fingerprint density at radius 3 is 0.885 bits per heavy atom. The fourth-order valence-electron chi connectivity index (χ4n) is 16.6. The van der Waals surface area contributed by atoms with Crippen LogP contribution in [0.1, 0.15) is 231 Å². The number of alkyl halides is 3. The summed E-state index contributed by atoms with van der Waals surface area (Å²) in [5.41, 5.74) is 4.64. The van der Waals surface area contributed by atoms with Gasteiger partial charge >= 0.3 is 15.6 Å². The van der Waals surface area contributed by atoms with Crippen molar-refractivity contribution in [1.82, 2.24) is 0 Å². The number of halogens is 3. The summed E-state index contributed by atoms with van der Waals surface area (Å²) in [5.74, 6) is 3.60. The van der Waals surface area contributed by atoms with Crippen LogP contribution < -0.4 is 32.6 Å². The van der Waals surface area contributed by atoms with E-state index in [-0.39, 0.29) is 35.1 Å². The molecule has 0 unspecified atom stereocenters. The van der Waals surface area contributed by atoms with E-state index in [0.717, 1.165) is 219 Å². The Hall–Kier alpha value is -14.4. The van der Waals surface area contributed by atoms with Gasteiger partial charge in [-0.1, -0.05) is 335 Å². The molecule has 0 spiro atoms. The fraction of sp³-hybridized carbons (Fsp3) is 0.256. The predicted molar refractivity (Wildman–Crippen MR) is 553 cm³/mol. The quantitative estimate of drug-likeness (QED) is 0.0164. The molecule has 0 heterocycles. The Balaban J connectivity index is 0.000000159. The third-order valence-electron chi connectivity index (χ3n) is 24.1. The summed E-state index contributed by atoms with van der Waals surface area (Å²) in [5, 5.41) is 18.8. The van der Waals surface area contributed by atoms with Gasteiger partial charge in [0.2, 0.25) is 0 Å². The van der Waals surface area contributed by atoms with E-state index in [0.29, 0.717) is 98.7 Å². The summed E-state index contributed by atoms with van der Waals surface area (Å²) in [6.45, 7) is 11.3. The molecule has 0 saturated carbocycles. The molecule has 16 rings (SSSR count). The lowest BCUT2D eigenvalue weighted by Crippen LogP contribution is -2.28. The van der Waals surface area contributed by atoms with Gasteiger partial charge in [-0.05, 0) is 233 Å². The topological polar surface area (TPSA) is 187 Å². The Labute approximate surface area is 814 Å². The van der Waals surface area contributed by atoms with Gasteiger partial charge in [0.15, 0.2) is 28.9 Å². The molecule has 0 radical (unpaired) electrons. The summed E-state index contributed by atoms with van der Waals surface area (Å²) in [4.78, 5) is 52.8. The third-order valence-corrected chi connectivity index (χ3v) is 25.1. The first-order valence-corrected chi connectivity index (χ1v) is 49.8. The second kappa shape index (κ2) is 52.3. The van der Waals surface area contributed by atoms with Crippen molar-refractivity contribution in [2.75, 3.05) is 0 Å². The van der Waals surface area contributed by atoms with E-state index in [1.165, 1.54) is 12.1 Å². The smallest absolute Gasteiger partial charge is 0.507 e. The number of fused-ring (bicyclic) bond motifs is 5. The van der Waals surface area contributed by atoms with Gasteiger partial charge in [-0.25, -0.2) is 0 Å². The average molecular weight is 1890 g/mol. The van der Waals surface area contributed by atoms with Crippen LogP contribution in [-0.2, 0) is 49.8 Å². The largest absolute Gasteiger partial charge is 0.534 e. The van der Waals surface area contributed by atoms with Crippen LogP contribution in [0.25, 0.3) is 65.0 Å². The summed E-state index contributed by atoms with van der Waals surface area (Å²) in [6, 6.07) is 109. The van der Waals surface area contributed by atoms with E-state index in [2.05, 4.69) is 97.8 Å². The van der Waals surface area contributed by atoms with Crippen LogP contribution >= 0.6 is 0 Å². The number of phenols is 1. The van der Waals surface area contributed by atoms with E-state index >= 15 is 0 Å². The molecule has 0 aliphatic rings. The zero-order valence-corrected chi connectivity index (χ0v) is 80.3. The minimum Gasteiger partial charge on any atom is -0.507 e. The van der Waals surface area contributed by atoms with Crippen molar-refractivity contribution in [3.05, 3.63) is 395 Å². The molecule has 716 valence electrons. The van der Waals surface area contributed by atoms with E-state index in [9.17, 15) is 45.9 Å². The lowest BCUT2D eigenvalue weighted by molar-refractivity contribution is -0.0500. The van der Waals surface area contributed by atoms with E-state index in [1.54, 1.807) is 18.2 Å². The van der Waals surface area contributed by atoms with Crippen molar-refractivity contribution in [2.45, 2.75) is 201 Å². The first-order chi connectivity index (χ1) is 67.7. The van der Waals surface area contributed by atoms with Gasteiger partial charge in [-0.2, -0.15) is 21.6 Å². The van der Waals surface area contributed by atoms with Gasteiger partial charge in [0.1, 0.15) is 79.9 Å². The number of phenolic OH excluding ortho intramolecular Hbond substituents is 1. The van der Waals surface area contributed by atoms with Crippen LogP contribution in [0.15, 0.2) is 340 Å². The van der Waals surface area contributed by atoms with Gasteiger partial charge in [0, 0.05) is 31.2 Å². The molecule has 1 N–H and O–H groups in total. The molecule has 0 atom stereocenters. The number of hydrogen-bond acceptors (Lipinski definition) is 14. The summed E-state index contributed by atoms with van der Waals surface area (Å²) in [7, 11) is -5.93. The van der Waals surface area contributed by atoms with Gasteiger partial charge in [-0.3, -0.25) is 19.2 Å². The maximum absolute atomic E-state index is 13.9. The van der Waals surface area contributed by atoms with Crippen molar-refractivity contribution in [1.29, 1.82) is 0 Å². The molecule has 18 heteroatoms. The molecular weight excluding hydrogens is 1770 g/mol. The molecule has 0 aliphatic heterocycles. The zero-order chi connectivity index (χ0) is 97.6.